The molecule has 7 heteroatoms. The van der Waals surface area contributed by atoms with Crippen LogP contribution in [0.1, 0.15) is 28.8 Å². The minimum absolute atomic E-state index is 0.0292. The number of benzene rings is 2. The molecule has 1 amide bonds. The number of aromatic hydroxyl groups is 1. The molecular formula is C21H24FN3O3. The Morgan fingerprint density at radius 3 is 2.57 bits per heavy atom. The zero-order chi connectivity index (χ0) is 19.8. The Balaban J connectivity index is 1.77. The van der Waals surface area contributed by atoms with Gasteiger partial charge in [-0.3, -0.25) is 4.79 Å². The van der Waals surface area contributed by atoms with E-state index in [-0.39, 0.29) is 35.5 Å². The Bertz CT molecular complexity index is 874. The van der Waals surface area contributed by atoms with Gasteiger partial charge < -0.3 is 14.7 Å². The molecule has 3 N–H and O–H groups in total. The Hall–Kier alpha value is -2.48. The molecule has 2 aliphatic heterocycles. The number of halogens is 1. The summed E-state index contributed by atoms with van der Waals surface area (Å²) < 4.78 is 18.7. The molecule has 0 bridgehead atoms. The van der Waals surface area contributed by atoms with Crippen molar-refractivity contribution in [1.29, 1.82) is 0 Å². The second-order valence-corrected chi connectivity index (χ2v) is 7.40. The molecule has 2 fully saturated rings. The molecule has 0 radical (unpaired) electrons. The number of hydrogen-bond donors (Lipinski definition) is 3. The van der Waals surface area contributed by atoms with Crippen LogP contribution in [0.25, 0.3) is 0 Å². The predicted octanol–water partition coefficient (Wildman–Crippen LogP) is 2.20. The SMILES string of the molecule is COCCN1C(=O)C2NNC(c3cc(C)ccc3O)C2C1c1ccc(F)cc1. The molecule has 0 aromatic heterocycles. The molecule has 4 atom stereocenters. The number of methoxy groups -OCH3 is 1. The summed E-state index contributed by atoms with van der Waals surface area (Å²) in [7, 11) is 1.60. The van der Waals surface area contributed by atoms with Crippen LogP contribution in [-0.2, 0) is 9.53 Å². The maximum Gasteiger partial charge on any atom is 0.242 e. The number of phenols is 1. The van der Waals surface area contributed by atoms with Crippen LogP contribution < -0.4 is 10.9 Å². The van der Waals surface area contributed by atoms with Gasteiger partial charge in [-0.05, 0) is 30.7 Å². The van der Waals surface area contributed by atoms with Crippen molar-refractivity contribution in [3.05, 3.63) is 65.0 Å². The van der Waals surface area contributed by atoms with Crippen molar-refractivity contribution < 1.29 is 19.0 Å². The van der Waals surface area contributed by atoms with E-state index in [0.717, 1.165) is 16.7 Å². The topological polar surface area (TPSA) is 73.8 Å². The Labute approximate surface area is 163 Å². The lowest BCUT2D eigenvalue weighted by molar-refractivity contribution is -0.131. The van der Waals surface area contributed by atoms with E-state index in [1.165, 1.54) is 12.1 Å². The minimum atomic E-state index is -0.433. The fourth-order valence-electron chi connectivity index (χ4n) is 4.39. The lowest BCUT2D eigenvalue weighted by Gasteiger charge is -2.31. The van der Waals surface area contributed by atoms with E-state index >= 15 is 0 Å². The summed E-state index contributed by atoms with van der Waals surface area (Å²) in [5, 5.41) is 10.4. The van der Waals surface area contributed by atoms with E-state index in [4.69, 9.17) is 4.74 Å². The number of hydrogen-bond acceptors (Lipinski definition) is 5. The summed E-state index contributed by atoms with van der Waals surface area (Å²) in [6.07, 6.45) is 0. The van der Waals surface area contributed by atoms with Crippen LogP contribution in [0.2, 0.25) is 0 Å². The normalized spacial score (nSPS) is 26.7. The van der Waals surface area contributed by atoms with Gasteiger partial charge in [-0.25, -0.2) is 15.2 Å². The summed E-state index contributed by atoms with van der Waals surface area (Å²) in [5.74, 6) is -0.323. The number of carbonyl (C=O) groups excluding carboxylic acids is 1. The number of carbonyl (C=O) groups is 1. The van der Waals surface area contributed by atoms with Crippen molar-refractivity contribution in [2.24, 2.45) is 5.92 Å². The maximum atomic E-state index is 13.5. The van der Waals surface area contributed by atoms with Crippen LogP contribution >= 0.6 is 0 Å². The first-order valence-electron chi connectivity index (χ1n) is 9.36. The van der Waals surface area contributed by atoms with E-state index in [1.54, 1.807) is 30.2 Å². The van der Waals surface area contributed by atoms with Gasteiger partial charge in [-0.2, -0.15) is 0 Å². The van der Waals surface area contributed by atoms with Gasteiger partial charge in [0.25, 0.3) is 0 Å². The average Bonchev–Trinajstić information content (AvgIpc) is 3.22. The third-order valence-corrected chi connectivity index (χ3v) is 5.68. The number of phenolic OH excluding ortho intramolecular Hbond substituents is 1. The highest BCUT2D eigenvalue weighted by Crippen LogP contribution is 2.48. The zero-order valence-electron chi connectivity index (χ0n) is 15.9. The van der Waals surface area contributed by atoms with Crippen molar-refractivity contribution in [1.82, 2.24) is 15.8 Å². The van der Waals surface area contributed by atoms with Gasteiger partial charge in [0.05, 0.1) is 18.7 Å². The van der Waals surface area contributed by atoms with Gasteiger partial charge in [-0.15, -0.1) is 0 Å². The number of likely N-dealkylation sites (tertiary alicyclic amines) is 1. The third kappa shape index (κ3) is 3.15. The lowest BCUT2D eigenvalue weighted by atomic mass is 9.83. The Morgan fingerprint density at radius 1 is 1.14 bits per heavy atom. The Morgan fingerprint density at radius 2 is 1.86 bits per heavy atom. The number of hydrazine groups is 1. The highest BCUT2D eigenvalue weighted by Gasteiger charge is 2.55. The van der Waals surface area contributed by atoms with E-state index in [9.17, 15) is 14.3 Å². The highest BCUT2D eigenvalue weighted by molar-refractivity contribution is 5.86. The first kappa shape index (κ1) is 18.9. The maximum absolute atomic E-state index is 13.5. The molecule has 4 unspecified atom stereocenters. The zero-order valence-corrected chi connectivity index (χ0v) is 15.9. The standard InChI is InChI=1S/C21H24FN3O3/c1-12-3-8-16(26)15(11-12)18-17-19(24-23-18)21(27)25(9-10-28-2)20(17)13-4-6-14(22)7-5-13/h3-8,11,17-20,23-24,26H,9-10H2,1-2H3. The van der Waals surface area contributed by atoms with Gasteiger partial charge in [0.2, 0.25) is 5.91 Å². The van der Waals surface area contributed by atoms with Gasteiger partial charge in [-0.1, -0.05) is 29.8 Å². The molecule has 6 nitrogen and oxygen atoms in total. The summed E-state index contributed by atoms with van der Waals surface area (Å²) in [4.78, 5) is 14.9. The number of amides is 1. The quantitative estimate of drug-likeness (QED) is 0.736. The number of nitrogens with zero attached hydrogens (tertiary/aromatic N) is 1. The number of nitrogens with one attached hydrogen (secondary N) is 2. The van der Waals surface area contributed by atoms with E-state index in [1.807, 2.05) is 19.1 Å². The van der Waals surface area contributed by atoms with E-state index in [2.05, 4.69) is 10.9 Å². The molecule has 4 rings (SSSR count). The van der Waals surface area contributed by atoms with Crippen molar-refractivity contribution in [2.45, 2.75) is 25.0 Å². The van der Waals surface area contributed by atoms with Crippen molar-refractivity contribution in [2.75, 3.05) is 20.3 Å². The monoisotopic (exact) mass is 385 g/mol. The van der Waals surface area contributed by atoms with Gasteiger partial charge in [0, 0.05) is 25.1 Å². The molecule has 148 valence electrons. The lowest BCUT2D eigenvalue weighted by Crippen LogP contribution is -2.42. The van der Waals surface area contributed by atoms with Crippen LogP contribution in [0.3, 0.4) is 0 Å². The predicted molar refractivity (Wildman–Crippen MR) is 102 cm³/mol. The Kier molecular flexibility index (Phi) is 5.05. The molecule has 2 aliphatic rings. The molecular weight excluding hydrogens is 361 g/mol. The number of rotatable bonds is 5. The van der Waals surface area contributed by atoms with E-state index in [0.29, 0.717) is 13.2 Å². The van der Waals surface area contributed by atoms with Gasteiger partial charge in [0.1, 0.15) is 17.6 Å². The molecule has 0 spiro atoms. The number of ether oxygens (including phenoxy) is 1. The molecule has 2 aromatic rings. The van der Waals surface area contributed by atoms with Gasteiger partial charge in [0.15, 0.2) is 0 Å². The van der Waals surface area contributed by atoms with Crippen molar-refractivity contribution in [3.63, 3.8) is 0 Å². The van der Waals surface area contributed by atoms with Crippen molar-refractivity contribution in [3.8, 4) is 5.75 Å². The van der Waals surface area contributed by atoms with Crippen molar-refractivity contribution >= 4 is 5.91 Å². The van der Waals surface area contributed by atoms with Crippen LogP contribution in [-0.4, -0.2) is 42.2 Å². The second-order valence-electron chi connectivity index (χ2n) is 7.40. The smallest absolute Gasteiger partial charge is 0.242 e. The molecule has 2 aromatic carbocycles. The van der Waals surface area contributed by atoms with Crippen LogP contribution in [0.4, 0.5) is 4.39 Å². The third-order valence-electron chi connectivity index (χ3n) is 5.68. The summed E-state index contributed by atoms with van der Waals surface area (Å²) >= 11 is 0. The minimum Gasteiger partial charge on any atom is -0.508 e. The van der Waals surface area contributed by atoms with Crippen LogP contribution in [0, 0.1) is 18.7 Å². The van der Waals surface area contributed by atoms with Crippen LogP contribution in [0.15, 0.2) is 42.5 Å². The molecule has 2 saturated heterocycles. The molecule has 0 saturated carbocycles. The number of fused-ring (bicyclic) bond motifs is 1. The molecule has 0 aliphatic carbocycles. The highest BCUT2D eigenvalue weighted by atomic mass is 19.1. The summed E-state index contributed by atoms with van der Waals surface area (Å²) in [6.45, 7) is 2.82. The molecule has 2 heterocycles. The average molecular weight is 385 g/mol. The first-order chi connectivity index (χ1) is 13.5. The number of aryl methyl sites for hydroxylation is 1. The fraction of sp³-hybridized carbons (Fsp3) is 0.381. The summed E-state index contributed by atoms with van der Waals surface area (Å²) in [5.41, 5.74) is 8.94. The van der Waals surface area contributed by atoms with Gasteiger partial charge >= 0.3 is 0 Å². The fourth-order valence-corrected chi connectivity index (χ4v) is 4.39. The second kappa shape index (κ2) is 7.50. The first-order valence-corrected chi connectivity index (χ1v) is 9.36. The molecule has 28 heavy (non-hydrogen) atoms. The van der Waals surface area contributed by atoms with Crippen LogP contribution in [0.5, 0.6) is 5.75 Å². The summed E-state index contributed by atoms with van der Waals surface area (Å²) in [6, 6.07) is 10.8. The van der Waals surface area contributed by atoms with E-state index < -0.39 is 6.04 Å². The largest absolute Gasteiger partial charge is 0.508 e.